The Morgan fingerprint density at radius 3 is 2.00 bits per heavy atom. The molecule has 0 saturated carbocycles. The summed E-state index contributed by atoms with van der Waals surface area (Å²) in [6, 6.07) is 32.7. The monoisotopic (exact) mass is 532 g/mol. The van der Waals surface area contributed by atoms with Crippen LogP contribution >= 0.6 is 0 Å². The van der Waals surface area contributed by atoms with Crippen molar-refractivity contribution >= 4 is 39.3 Å². The molecule has 0 aliphatic carbocycles. The Hall–Kier alpha value is -5.17. The van der Waals surface area contributed by atoms with Crippen LogP contribution in [0.5, 0.6) is 0 Å². The van der Waals surface area contributed by atoms with Crippen molar-refractivity contribution in [1.29, 1.82) is 0 Å². The van der Waals surface area contributed by atoms with Crippen LogP contribution in [-0.2, 0) is 6.18 Å². The van der Waals surface area contributed by atoms with Gasteiger partial charge in [-0.05, 0) is 59.7 Å². The summed E-state index contributed by atoms with van der Waals surface area (Å²) in [5, 5.41) is 1.03. The van der Waals surface area contributed by atoms with E-state index >= 15 is 0 Å². The number of nitrogens with zero attached hydrogens (tertiary/aromatic N) is 2. The minimum absolute atomic E-state index is 0.210. The molecule has 194 valence electrons. The van der Waals surface area contributed by atoms with E-state index in [0.717, 1.165) is 28.2 Å². The molecule has 0 N–H and O–H groups in total. The summed E-state index contributed by atoms with van der Waals surface area (Å²) >= 11 is 0. The van der Waals surface area contributed by atoms with E-state index in [1.165, 1.54) is 6.07 Å². The van der Waals surface area contributed by atoms with Gasteiger partial charge in [0.1, 0.15) is 0 Å². The molecular formula is C33H19F3N2O2. The van der Waals surface area contributed by atoms with E-state index in [2.05, 4.69) is 0 Å². The number of aromatic nitrogens is 1. The van der Waals surface area contributed by atoms with Gasteiger partial charge in [-0.25, -0.2) is 4.90 Å². The highest BCUT2D eigenvalue weighted by Gasteiger charge is 2.39. The minimum atomic E-state index is -4.50. The molecule has 1 aliphatic rings. The second kappa shape index (κ2) is 8.68. The van der Waals surface area contributed by atoms with Crippen LogP contribution in [-0.4, -0.2) is 16.4 Å². The van der Waals surface area contributed by atoms with Crippen molar-refractivity contribution < 1.29 is 22.8 Å². The SMILES string of the molecule is O=C1c2cccc(-n3c4ccccc4c4cc(C(F)(F)F)ccc43)c2C(=O)N1c1ccc(-c2ccccc2)cc1. The van der Waals surface area contributed by atoms with Crippen molar-refractivity contribution in [3.8, 4) is 16.8 Å². The highest BCUT2D eigenvalue weighted by molar-refractivity contribution is 6.35. The van der Waals surface area contributed by atoms with Gasteiger partial charge in [0.2, 0.25) is 0 Å². The molecule has 7 rings (SSSR count). The van der Waals surface area contributed by atoms with Crippen LogP contribution in [0.25, 0.3) is 38.6 Å². The maximum Gasteiger partial charge on any atom is 0.416 e. The van der Waals surface area contributed by atoms with Crippen molar-refractivity contribution in [2.24, 2.45) is 0 Å². The molecule has 2 heterocycles. The number of fused-ring (bicyclic) bond motifs is 4. The number of anilines is 1. The Bertz CT molecular complexity index is 1970. The van der Waals surface area contributed by atoms with Crippen LogP contribution < -0.4 is 4.90 Å². The maximum atomic E-state index is 13.9. The lowest BCUT2D eigenvalue weighted by Crippen LogP contribution is -2.29. The molecule has 6 aromatic rings. The number of hydrogen-bond acceptors (Lipinski definition) is 2. The first-order valence-electron chi connectivity index (χ1n) is 12.6. The maximum absolute atomic E-state index is 13.9. The van der Waals surface area contributed by atoms with E-state index in [9.17, 15) is 22.8 Å². The van der Waals surface area contributed by atoms with Gasteiger partial charge in [0.25, 0.3) is 11.8 Å². The van der Waals surface area contributed by atoms with E-state index in [1.54, 1.807) is 59.2 Å². The molecule has 0 unspecified atom stereocenters. The highest BCUT2D eigenvalue weighted by atomic mass is 19.4. The van der Waals surface area contributed by atoms with Crippen LogP contribution in [0.1, 0.15) is 26.3 Å². The number of hydrogen-bond donors (Lipinski definition) is 0. The van der Waals surface area contributed by atoms with Gasteiger partial charge in [0.05, 0.1) is 39.1 Å². The van der Waals surface area contributed by atoms with E-state index in [4.69, 9.17) is 0 Å². The van der Waals surface area contributed by atoms with Crippen LogP contribution in [0.3, 0.4) is 0 Å². The number of benzene rings is 5. The standard InChI is InChI=1S/C33H19F3N2O2/c34-33(35,36)22-15-18-28-26(19-22)24-9-4-5-11-27(24)38(28)29-12-6-10-25-30(29)32(40)37(31(25)39)23-16-13-21(14-17-23)20-7-2-1-3-8-20/h1-19H. The topological polar surface area (TPSA) is 42.3 Å². The average Bonchev–Trinajstić information content (AvgIpc) is 3.44. The highest BCUT2D eigenvalue weighted by Crippen LogP contribution is 2.40. The number of imide groups is 1. The molecule has 2 amide bonds. The number of halogens is 3. The quantitative estimate of drug-likeness (QED) is 0.215. The summed E-state index contributed by atoms with van der Waals surface area (Å²) in [5.74, 6) is -0.935. The Labute approximate surface area is 226 Å². The van der Waals surface area contributed by atoms with Gasteiger partial charge in [-0.1, -0.05) is 66.7 Å². The zero-order valence-electron chi connectivity index (χ0n) is 20.8. The number of alkyl halides is 3. The van der Waals surface area contributed by atoms with E-state index in [1.807, 2.05) is 42.5 Å². The number of para-hydroxylation sites is 1. The predicted molar refractivity (Wildman–Crippen MR) is 149 cm³/mol. The summed E-state index contributed by atoms with van der Waals surface area (Å²) in [6.07, 6.45) is -4.50. The Kier molecular flexibility index (Phi) is 5.19. The fourth-order valence-corrected chi connectivity index (χ4v) is 5.53. The lowest BCUT2D eigenvalue weighted by molar-refractivity contribution is -0.137. The number of rotatable bonds is 3. The van der Waals surface area contributed by atoms with Gasteiger partial charge in [-0.15, -0.1) is 0 Å². The minimum Gasteiger partial charge on any atom is -0.308 e. The first-order chi connectivity index (χ1) is 19.3. The molecule has 1 aromatic heterocycles. The van der Waals surface area contributed by atoms with Gasteiger partial charge in [0, 0.05) is 10.8 Å². The summed E-state index contributed by atoms with van der Waals surface area (Å²) in [5.41, 5.74) is 3.68. The summed E-state index contributed by atoms with van der Waals surface area (Å²) in [4.78, 5) is 28.6. The number of carbonyl (C=O) groups excluding carboxylic acids is 2. The van der Waals surface area contributed by atoms with Crippen molar-refractivity contribution in [2.45, 2.75) is 6.18 Å². The van der Waals surface area contributed by atoms with Crippen molar-refractivity contribution in [1.82, 2.24) is 4.57 Å². The van der Waals surface area contributed by atoms with E-state index in [0.29, 0.717) is 33.2 Å². The van der Waals surface area contributed by atoms with Crippen LogP contribution in [0, 0.1) is 0 Å². The molecule has 0 bridgehead atoms. The largest absolute Gasteiger partial charge is 0.416 e. The Morgan fingerprint density at radius 1 is 0.575 bits per heavy atom. The molecular weight excluding hydrogens is 513 g/mol. The zero-order valence-corrected chi connectivity index (χ0v) is 20.8. The Balaban J connectivity index is 1.38. The summed E-state index contributed by atoms with van der Waals surface area (Å²) in [7, 11) is 0. The fourth-order valence-electron chi connectivity index (χ4n) is 5.53. The molecule has 40 heavy (non-hydrogen) atoms. The molecule has 0 spiro atoms. The van der Waals surface area contributed by atoms with Gasteiger partial charge in [-0.3, -0.25) is 9.59 Å². The molecule has 5 aromatic carbocycles. The lowest BCUT2D eigenvalue weighted by atomic mass is 10.1. The fraction of sp³-hybridized carbons (Fsp3) is 0.0303. The zero-order chi connectivity index (χ0) is 27.6. The predicted octanol–water partition coefficient (Wildman–Crippen LogP) is 8.27. The second-order valence-electron chi connectivity index (χ2n) is 9.64. The van der Waals surface area contributed by atoms with Crippen LogP contribution in [0.2, 0.25) is 0 Å². The van der Waals surface area contributed by atoms with Crippen molar-refractivity contribution in [3.05, 3.63) is 132 Å². The molecule has 7 heteroatoms. The van der Waals surface area contributed by atoms with Crippen LogP contribution in [0.4, 0.5) is 18.9 Å². The first kappa shape index (κ1) is 23.9. The first-order valence-corrected chi connectivity index (χ1v) is 12.6. The van der Waals surface area contributed by atoms with Crippen LogP contribution in [0.15, 0.2) is 115 Å². The van der Waals surface area contributed by atoms with Gasteiger partial charge >= 0.3 is 6.18 Å². The molecule has 0 atom stereocenters. The molecule has 1 aliphatic heterocycles. The third-order valence-electron chi connectivity index (χ3n) is 7.37. The smallest absolute Gasteiger partial charge is 0.308 e. The van der Waals surface area contributed by atoms with Gasteiger partial charge in [-0.2, -0.15) is 13.2 Å². The normalized spacial score (nSPS) is 13.4. The lowest BCUT2D eigenvalue weighted by Gasteiger charge is -2.15. The third-order valence-corrected chi connectivity index (χ3v) is 7.37. The Morgan fingerprint density at radius 2 is 1.25 bits per heavy atom. The van der Waals surface area contributed by atoms with Crippen molar-refractivity contribution in [2.75, 3.05) is 4.90 Å². The third kappa shape index (κ3) is 3.55. The van der Waals surface area contributed by atoms with E-state index in [-0.39, 0.29) is 11.1 Å². The molecule has 4 nitrogen and oxygen atoms in total. The number of amides is 2. The molecule has 0 radical (unpaired) electrons. The molecule has 0 saturated heterocycles. The molecule has 0 fully saturated rings. The van der Waals surface area contributed by atoms with Crippen molar-refractivity contribution in [3.63, 3.8) is 0 Å². The van der Waals surface area contributed by atoms with E-state index < -0.39 is 23.6 Å². The summed E-state index contributed by atoms with van der Waals surface area (Å²) < 4.78 is 42.4. The average molecular weight is 533 g/mol. The summed E-state index contributed by atoms with van der Waals surface area (Å²) in [6.45, 7) is 0. The number of carbonyl (C=O) groups is 2. The van der Waals surface area contributed by atoms with Gasteiger partial charge < -0.3 is 4.57 Å². The van der Waals surface area contributed by atoms with Gasteiger partial charge in [0.15, 0.2) is 0 Å². The second-order valence-corrected chi connectivity index (χ2v) is 9.64.